The summed E-state index contributed by atoms with van der Waals surface area (Å²) in [5.74, 6) is 0.812. The Morgan fingerprint density at radius 1 is 1.37 bits per heavy atom. The van der Waals surface area contributed by atoms with Crippen molar-refractivity contribution in [2.45, 2.75) is 19.5 Å². The van der Waals surface area contributed by atoms with Gasteiger partial charge in [-0.05, 0) is 29.5 Å². The molecule has 1 aromatic carbocycles. The molecule has 2 aromatic rings. The zero-order valence-electron chi connectivity index (χ0n) is 10.9. The highest BCUT2D eigenvalue weighted by Gasteiger charge is 2.18. The maximum absolute atomic E-state index is 10.1. The van der Waals surface area contributed by atoms with E-state index in [2.05, 4.69) is 16.3 Å². The number of methoxy groups -OCH3 is 1. The normalized spacial score (nSPS) is 15.2. The van der Waals surface area contributed by atoms with Crippen LogP contribution in [0.15, 0.2) is 29.6 Å². The fourth-order valence-corrected chi connectivity index (χ4v) is 3.43. The molecule has 0 bridgehead atoms. The molecule has 0 unspecified atom stereocenters. The Hall–Kier alpha value is -1.52. The number of benzene rings is 1. The molecule has 0 radical (unpaired) electrons. The maximum Gasteiger partial charge on any atom is 0.162 e. The average molecular weight is 275 g/mol. The molecule has 1 aliphatic rings. The molecule has 1 aliphatic heterocycles. The summed E-state index contributed by atoms with van der Waals surface area (Å²) in [6.07, 6.45) is 1.11. The van der Waals surface area contributed by atoms with Crippen LogP contribution in [0.25, 0.3) is 0 Å². The van der Waals surface area contributed by atoms with Crippen molar-refractivity contribution >= 4 is 11.3 Å². The van der Waals surface area contributed by atoms with Crippen LogP contribution in [0.5, 0.6) is 11.5 Å². The first kappa shape index (κ1) is 12.5. The number of fused-ring (bicyclic) bond motifs is 1. The van der Waals surface area contributed by atoms with Crippen molar-refractivity contribution in [2.75, 3.05) is 13.7 Å². The molecule has 0 atom stereocenters. The number of thiophene rings is 1. The van der Waals surface area contributed by atoms with Crippen LogP contribution in [0.4, 0.5) is 0 Å². The van der Waals surface area contributed by atoms with Crippen LogP contribution in [-0.4, -0.2) is 23.7 Å². The Bertz CT molecular complexity index is 579. The van der Waals surface area contributed by atoms with Crippen molar-refractivity contribution in [1.82, 2.24) is 4.90 Å². The third-order valence-electron chi connectivity index (χ3n) is 3.58. The summed E-state index contributed by atoms with van der Waals surface area (Å²) < 4.78 is 5.15. The Morgan fingerprint density at radius 2 is 2.26 bits per heavy atom. The molecular formula is C15H17NO2S. The van der Waals surface area contributed by atoms with Crippen molar-refractivity contribution < 1.29 is 9.84 Å². The topological polar surface area (TPSA) is 32.7 Å². The molecule has 1 aromatic heterocycles. The van der Waals surface area contributed by atoms with Gasteiger partial charge in [-0.1, -0.05) is 12.1 Å². The van der Waals surface area contributed by atoms with Gasteiger partial charge in [-0.2, -0.15) is 0 Å². The van der Waals surface area contributed by atoms with Crippen LogP contribution in [0.2, 0.25) is 0 Å². The zero-order chi connectivity index (χ0) is 13.2. The van der Waals surface area contributed by atoms with Crippen molar-refractivity contribution in [1.29, 1.82) is 0 Å². The van der Waals surface area contributed by atoms with Crippen LogP contribution in [0, 0.1) is 0 Å². The van der Waals surface area contributed by atoms with Crippen molar-refractivity contribution in [3.05, 3.63) is 45.6 Å². The van der Waals surface area contributed by atoms with Gasteiger partial charge in [0.05, 0.1) is 7.11 Å². The second-order valence-electron chi connectivity index (χ2n) is 4.80. The number of rotatable bonds is 3. The van der Waals surface area contributed by atoms with Gasteiger partial charge in [0.15, 0.2) is 11.5 Å². The molecule has 0 spiro atoms. The molecule has 19 heavy (non-hydrogen) atoms. The number of nitrogens with zero attached hydrogens (tertiary/aromatic N) is 1. The van der Waals surface area contributed by atoms with E-state index in [1.807, 2.05) is 23.5 Å². The number of ether oxygens (including phenoxy) is 1. The molecule has 0 aliphatic carbocycles. The van der Waals surface area contributed by atoms with Gasteiger partial charge in [0.1, 0.15) is 0 Å². The smallest absolute Gasteiger partial charge is 0.162 e. The first-order chi connectivity index (χ1) is 9.28. The molecule has 1 N–H and O–H groups in total. The van der Waals surface area contributed by atoms with E-state index in [0.29, 0.717) is 5.75 Å². The number of phenolic OH excluding ortho intramolecular Hbond substituents is 1. The minimum absolute atomic E-state index is 0.265. The van der Waals surface area contributed by atoms with Crippen LogP contribution in [0.1, 0.15) is 16.0 Å². The molecule has 0 fully saturated rings. The lowest BCUT2D eigenvalue weighted by molar-refractivity contribution is 0.243. The standard InChI is InChI=1S/C15H17NO2S/c1-18-13-4-2-3-12(15(13)17)10-16-7-5-14-11(9-16)6-8-19-14/h2-4,6,8,17H,5,7,9-10H2,1H3. The summed E-state index contributed by atoms with van der Waals surface area (Å²) in [7, 11) is 1.58. The van der Waals surface area contributed by atoms with Crippen molar-refractivity contribution in [3.8, 4) is 11.5 Å². The van der Waals surface area contributed by atoms with E-state index >= 15 is 0 Å². The summed E-state index contributed by atoms with van der Waals surface area (Å²) in [6, 6.07) is 7.87. The number of para-hydroxylation sites is 1. The van der Waals surface area contributed by atoms with E-state index in [1.165, 1.54) is 10.4 Å². The number of hydrogen-bond donors (Lipinski definition) is 1. The van der Waals surface area contributed by atoms with Gasteiger partial charge in [-0.3, -0.25) is 4.90 Å². The van der Waals surface area contributed by atoms with E-state index < -0.39 is 0 Å². The molecule has 3 nitrogen and oxygen atoms in total. The summed E-state index contributed by atoms with van der Waals surface area (Å²) in [5, 5.41) is 12.3. The lowest BCUT2D eigenvalue weighted by atomic mass is 10.1. The first-order valence-corrected chi connectivity index (χ1v) is 7.28. The van der Waals surface area contributed by atoms with Gasteiger partial charge in [-0.15, -0.1) is 11.3 Å². The fourth-order valence-electron chi connectivity index (χ4n) is 2.54. The van der Waals surface area contributed by atoms with Crippen LogP contribution < -0.4 is 4.74 Å². The highest BCUT2D eigenvalue weighted by atomic mass is 32.1. The third kappa shape index (κ3) is 2.46. The van der Waals surface area contributed by atoms with E-state index in [0.717, 1.165) is 31.6 Å². The second kappa shape index (κ2) is 5.23. The van der Waals surface area contributed by atoms with Gasteiger partial charge in [0.25, 0.3) is 0 Å². The number of aromatic hydroxyl groups is 1. The Labute approximate surface area is 117 Å². The van der Waals surface area contributed by atoms with Crippen LogP contribution >= 0.6 is 11.3 Å². The molecule has 0 amide bonds. The zero-order valence-corrected chi connectivity index (χ0v) is 11.7. The summed E-state index contributed by atoms with van der Waals surface area (Å²) in [4.78, 5) is 3.87. The quantitative estimate of drug-likeness (QED) is 0.934. The van der Waals surface area contributed by atoms with Crippen molar-refractivity contribution in [3.63, 3.8) is 0 Å². The largest absolute Gasteiger partial charge is 0.504 e. The molecular weight excluding hydrogens is 258 g/mol. The van der Waals surface area contributed by atoms with Gasteiger partial charge in [-0.25, -0.2) is 0 Å². The third-order valence-corrected chi connectivity index (χ3v) is 4.61. The molecule has 2 heterocycles. The maximum atomic E-state index is 10.1. The molecule has 4 heteroatoms. The lowest BCUT2D eigenvalue weighted by Crippen LogP contribution is -2.29. The first-order valence-electron chi connectivity index (χ1n) is 6.40. The monoisotopic (exact) mass is 275 g/mol. The summed E-state index contributed by atoms with van der Waals surface area (Å²) >= 11 is 1.85. The SMILES string of the molecule is COc1cccc(CN2CCc3sccc3C2)c1O. The van der Waals surface area contributed by atoms with E-state index in [9.17, 15) is 5.11 Å². The molecule has 100 valence electrons. The van der Waals surface area contributed by atoms with Crippen LogP contribution in [-0.2, 0) is 19.5 Å². The summed E-state index contributed by atoms with van der Waals surface area (Å²) in [5.41, 5.74) is 2.36. The average Bonchev–Trinajstić information content (AvgIpc) is 2.88. The van der Waals surface area contributed by atoms with Gasteiger partial charge < -0.3 is 9.84 Å². The highest BCUT2D eigenvalue weighted by molar-refractivity contribution is 7.10. The summed E-state index contributed by atoms with van der Waals surface area (Å²) in [6.45, 7) is 2.78. The van der Waals surface area contributed by atoms with Gasteiger partial charge in [0, 0.05) is 30.1 Å². The van der Waals surface area contributed by atoms with Gasteiger partial charge >= 0.3 is 0 Å². The predicted molar refractivity (Wildman–Crippen MR) is 76.8 cm³/mol. The van der Waals surface area contributed by atoms with E-state index in [1.54, 1.807) is 13.2 Å². The number of hydrogen-bond acceptors (Lipinski definition) is 4. The molecule has 3 rings (SSSR count). The Kier molecular flexibility index (Phi) is 3.44. The predicted octanol–water partition coefficient (Wildman–Crippen LogP) is 3.02. The number of phenols is 1. The van der Waals surface area contributed by atoms with Crippen LogP contribution in [0.3, 0.4) is 0 Å². The van der Waals surface area contributed by atoms with Gasteiger partial charge in [0.2, 0.25) is 0 Å². The minimum Gasteiger partial charge on any atom is -0.504 e. The van der Waals surface area contributed by atoms with E-state index in [-0.39, 0.29) is 5.75 Å². The van der Waals surface area contributed by atoms with E-state index in [4.69, 9.17) is 4.74 Å². The Balaban J connectivity index is 1.76. The minimum atomic E-state index is 0.265. The second-order valence-corrected chi connectivity index (χ2v) is 5.80. The van der Waals surface area contributed by atoms with Crippen molar-refractivity contribution in [2.24, 2.45) is 0 Å². The highest BCUT2D eigenvalue weighted by Crippen LogP contribution is 2.32. The molecule has 0 saturated heterocycles. The Morgan fingerprint density at radius 3 is 3.11 bits per heavy atom. The molecule has 0 saturated carbocycles. The lowest BCUT2D eigenvalue weighted by Gasteiger charge is -2.27. The fraction of sp³-hybridized carbons (Fsp3) is 0.333.